The van der Waals surface area contributed by atoms with Crippen molar-refractivity contribution in [1.29, 1.82) is 0 Å². The molecule has 2 aromatic rings. The summed E-state index contributed by atoms with van der Waals surface area (Å²) >= 11 is 0. The first kappa shape index (κ1) is 29.7. The number of carbonyl (C=O) groups is 1. The number of anilines is 1. The highest BCUT2D eigenvalue weighted by molar-refractivity contribution is 6.68. The lowest BCUT2D eigenvalue weighted by Gasteiger charge is -2.24. The highest BCUT2D eigenvalue weighted by Gasteiger charge is 2.22. The number of nitrogens with zero attached hydrogens (tertiary/aromatic N) is 2. The number of rotatable bonds is 12. The van der Waals surface area contributed by atoms with Gasteiger partial charge in [-0.2, -0.15) is 5.10 Å². The Labute approximate surface area is 221 Å². The molecule has 0 saturated heterocycles. The van der Waals surface area contributed by atoms with Crippen LogP contribution in [0.25, 0.3) is 0 Å². The summed E-state index contributed by atoms with van der Waals surface area (Å²) in [6.45, 7) is 12.3. The van der Waals surface area contributed by atoms with Gasteiger partial charge in [0, 0.05) is 6.07 Å². The Morgan fingerprint density at radius 1 is 1.00 bits per heavy atom. The van der Waals surface area contributed by atoms with E-state index in [0.717, 1.165) is 31.2 Å². The van der Waals surface area contributed by atoms with Crippen molar-refractivity contribution in [3.63, 3.8) is 0 Å². The molecule has 2 rings (SSSR count). The van der Waals surface area contributed by atoms with E-state index in [1.165, 1.54) is 0 Å². The Morgan fingerprint density at radius 2 is 1.65 bits per heavy atom. The van der Waals surface area contributed by atoms with E-state index in [1.807, 2.05) is 18.2 Å². The van der Waals surface area contributed by atoms with E-state index in [-0.39, 0.29) is 17.2 Å². The molecular weight excluding hydrogens is 468 g/mol. The first-order valence-corrected chi connectivity index (χ1v) is 12.8. The molecule has 2 aromatic carbocycles. The lowest BCUT2D eigenvalue weighted by atomic mass is 9.86. The van der Waals surface area contributed by atoms with Crippen molar-refractivity contribution < 1.29 is 19.0 Å². The summed E-state index contributed by atoms with van der Waals surface area (Å²) in [7, 11) is 3.12. The van der Waals surface area contributed by atoms with Gasteiger partial charge in [-0.1, -0.05) is 53.5 Å². The minimum absolute atomic E-state index is 0.00403. The molecule has 0 radical (unpaired) electrons. The average molecular weight is 511 g/mol. The molecule has 3 N–H and O–H groups in total. The number of carbonyl (C=O) groups excluding carboxylic acids is 1. The fraction of sp³-hybridized carbons (Fsp3) is 0.483. The summed E-state index contributed by atoms with van der Waals surface area (Å²) in [4.78, 5) is 17.9. The maximum absolute atomic E-state index is 13.4. The predicted octanol–water partition coefficient (Wildman–Crippen LogP) is 6.39. The van der Waals surface area contributed by atoms with E-state index in [4.69, 9.17) is 20.1 Å². The van der Waals surface area contributed by atoms with Crippen LogP contribution in [-0.2, 0) is 10.2 Å². The molecule has 0 aliphatic carbocycles. The molecule has 8 heteroatoms. The number of hydrazone groups is 1. The van der Waals surface area contributed by atoms with Gasteiger partial charge < -0.3 is 25.4 Å². The number of methoxy groups -OCH3 is 2. The van der Waals surface area contributed by atoms with E-state index >= 15 is 0 Å². The summed E-state index contributed by atoms with van der Waals surface area (Å²) in [6.07, 6.45) is 3.97. The van der Waals surface area contributed by atoms with E-state index in [2.05, 4.69) is 50.0 Å². The quantitative estimate of drug-likeness (QED) is 0.195. The molecule has 0 aromatic heterocycles. The van der Waals surface area contributed by atoms with Crippen molar-refractivity contribution in [1.82, 2.24) is 0 Å². The van der Waals surface area contributed by atoms with Crippen LogP contribution < -0.4 is 25.4 Å². The Morgan fingerprint density at radius 3 is 2.19 bits per heavy atom. The molecule has 0 heterocycles. The van der Waals surface area contributed by atoms with Crippen LogP contribution >= 0.6 is 0 Å². The number of amides is 1. The smallest absolute Gasteiger partial charge is 0.278 e. The normalized spacial score (nSPS) is 12.5. The lowest BCUT2D eigenvalue weighted by molar-refractivity contribution is -0.110. The summed E-state index contributed by atoms with van der Waals surface area (Å²) < 4.78 is 17.1. The van der Waals surface area contributed by atoms with Crippen LogP contribution in [-0.4, -0.2) is 37.7 Å². The topological polar surface area (TPSA) is 108 Å². The number of hydrogen-bond acceptors (Lipinski definition) is 7. The molecule has 0 saturated carbocycles. The highest BCUT2D eigenvalue weighted by Crippen LogP contribution is 2.34. The van der Waals surface area contributed by atoms with Crippen molar-refractivity contribution in [2.75, 3.05) is 19.5 Å². The van der Waals surface area contributed by atoms with Crippen LogP contribution in [0.4, 0.5) is 11.4 Å². The van der Waals surface area contributed by atoms with Crippen LogP contribution in [0, 0.1) is 0 Å². The number of benzene rings is 2. The molecule has 1 amide bonds. The number of ether oxygens (including phenoxy) is 3. The van der Waals surface area contributed by atoms with Crippen LogP contribution in [0.5, 0.6) is 17.2 Å². The van der Waals surface area contributed by atoms with Crippen molar-refractivity contribution in [2.45, 2.75) is 78.7 Å². The highest BCUT2D eigenvalue weighted by atomic mass is 16.5. The van der Waals surface area contributed by atoms with Crippen LogP contribution in [0.1, 0.15) is 72.8 Å². The van der Waals surface area contributed by atoms with Crippen molar-refractivity contribution in [3.8, 4) is 17.2 Å². The van der Waals surface area contributed by atoms with E-state index in [0.29, 0.717) is 34.3 Å². The fourth-order valence-corrected chi connectivity index (χ4v) is 3.90. The van der Waals surface area contributed by atoms with E-state index < -0.39 is 5.91 Å². The number of nitrogens with one attached hydrogen (secondary N) is 1. The van der Waals surface area contributed by atoms with Gasteiger partial charge in [-0.25, -0.2) is 4.99 Å². The average Bonchev–Trinajstić information content (AvgIpc) is 2.85. The van der Waals surface area contributed by atoms with Gasteiger partial charge in [-0.15, -0.1) is 0 Å². The van der Waals surface area contributed by atoms with Gasteiger partial charge in [0.2, 0.25) is 0 Å². The Bertz CT molecular complexity index is 1110. The van der Waals surface area contributed by atoms with Gasteiger partial charge in [0.25, 0.3) is 5.91 Å². The number of hydrogen-bond donors (Lipinski definition) is 2. The maximum Gasteiger partial charge on any atom is 0.278 e. The third-order valence-corrected chi connectivity index (χ3v) is 5.97. The minimum Gasteiger partial charge on any atom is -0.497 e. The lowest BCUT2D eigenvalue weighted by Crippen LogP contribution is -2.30. The molecule has 0 spiro atoms. The Balaban J connectivity index is 2.43. The molecule has 0 aliphatic heterocycles. The largest absolute Gasteiger partial charge is 0.497 e. The van der Waals surface area contributed by atoms with Gasteiger partial charge in [0.1, 0.15) is 22.9 Å². The van der Waals surface area contributed by atoms with Crippen LogP contribution in [0.3, 0.4) is 0 Å². The Kier molecular flexibility index (Phi) is 11.0. The zero-order valence-corrected chi connectivity index (χ0v) is 23.5. The third-order valence-electron chi connectivity index (χ3n) is 5.97. The fourth-order valence-electron chi connectivity index (χ4n) is 3.90. The number of nitrogens with two attached hydrogens (primary N) is 1. The maximum atomic E-state index is 13.4. The van der Waals surface area contributed by atoms with Gasteiger partial charge in [-0.05, 0) is 55.0 Å². The second kappa shape index (κ2) is 13.7. The first-order valence-electron chi connectivity index (χ1n) is 12.8. The van der Waals surface area contributed by atoms with E-state index in [1.54, 1.807) is 39.3 Å². The summed E-state index contributed by atoms with van der Waals surface area (Å²) in [5.74, 6) is 6.94. The number of aliphatic imine (C=N–C) groups is 1. The third kappa shape index (κ3) is 8.23. The zero-order valence-electron chi connectivity index (χ0n) is 23.5. The molecule has 0 bridgehead atoms. The molecule has 0 atom stereocenters. The Hall–Kier alpha value is -3.55. The molecule has 8 nitrogen and oxygen atoms in total. The second-order valence-corrected chi connectivity index (χ2v) is 9.94. The van der Waals surface area contributed by atoms with Gasteiger partial charge in [-0.3, -0.25) is 4.79 Å². The molecular formula is C29H42N4O4. The first-order chi connectivity index (χ1) is 17.6. The van der Waals surface area contributed by atoms with Crippen molar-refractivity contribution in [2.24, 2.45) is 15.9 Å². The van der Waals surface area contributed by atoms with E-state index in [9.17, 15) is 4.79 Å². The van der Waals surface area contributed by atoms with Crippen molar-refractivity contribution in [3.05, 3.63) is 42.0 Å². The molecule has 0 fully saturated rings. The monoisotopic (exact) mass is 510 g/mol. The van der Waals surface area contributed by atoms with Gasteiger partial charge in [0.05, 0.1) is 31.7 Å². The molecule has 202 valence electrons. The molecule has 0 aliphatic rings. The van der Waals surface area contributed by atoms with Crippen LogP contribution in [0.15, 0.2) is 46.5 Å². The minimum atomic E-state index is -0.482. The molecule has 37 heavy (non-hydrogen) atoms. The zero-order chi connectivity index (χ0) is 27.6. The summed E-state index contributed by atoms with van der Waals surface area (Å²) in [5.41, 5.74) is 2.34. The summed E-state index contributed by atoms with van der Waals surface area (Å²) in [6, 6.07) is 11.2. The molecule has 0 unspecified atom stereocenters. The van der Waals surface area contributed by atoms with Gasteiger partial charge in [0.15, 0.2) is 5.71 Å². The SMILES string of the molecule is CCCC(CCC)Oc1ccc(C(C)(C)C)cc1NC(=O)/C(=N/N)C(C)=Nc1cc(OC)ccc1OC. The standard InChI is InChI=1S/C29H42N4O4/c1-9-11-21(12-10-2)37-26-15-13-20(29(4,5)6)17-23(26)32-28(34)27(33-30)19(3)31-24-18-22(35-7)14-16-25(24)36-8/h13-18,21H,9-12,30H2,1-8H3,(H,32,34)/b31-19?,33-27+. The summed E-state index contributed by atoms with van der Waals surface area (Å²) in [5, 5.41) is 6.73. The second-order valence-electron chi connectivity index (χ2n) is 9.94. The predicted molar refractivity (Wildman–Crippen MR) is 152 cm³/mol. The van der Waals surface area contributed by atoms with Crippen molar-refractivity contribution >= 4 is 28.7 Å². The van der Waals surface area contributed by atoms with Crippen LogP contribution in [0.2, 0.25) is 0 Å². The van der Waals surface area contributed by atoms with Gasteiger partial charge >= 0.3 is 0 Å².